The van der Waals surface area contributed by atoms with E-state index in [1.807, 2.05) is 0 Å². The van der Waals surface area contributed by atoms with E-state index in [0.717, 1.165) is 17.8 Å². The molecule has 0 unspecified atom stereocenters. The number of anilines is 1. The first kappa shape index (κ1) is 17.7. The number of rotatable bonds is 7. The molecule has 0 saturated heterocycles. The van der Waals surface area contributed by atoms with E-state index in [9.17, 15) is 14.9 Å². The van der Waals surface area contributed by atoms with Crippen molar-refractivity contribution in [3.05, 3.63) is 51.0 Å². The summed E-state index contributed by atoms with van der Waals surface area (Å²) in [5.74, 6) is 0.0457. The minimum atomic E-state index is -0.465. The summed E-state index contributed by atoms with van der Waals surface area (Å²) in [5, 5.41) is 22.8. The molecule has 0 aliphatic carbocycles. The number of nitro groups is 1. The van der Waals surface area contributed by atoms with Crippen LogP contribution in [0.25, 0.3) is 6.08 Å². The fraction of sp³-hybridized carbons (Fsp3) is 0.312. The van der Waals surface area contributed by atoms with E-state index in [1.54, 1.807) is 18.2 Å². The van der Waals surface area contributed by atoms with Gasteiger partial charge in [0.1, 0.15) is 5.01 Å². The van der Waals surface area contributed by atoms with Crippen LogP contribution >= 0.6 is 11.3 Å². The third-order valence-corrected chi connectivity index (χ3v) is 4.54. The second kappa shape index (κ2) is 8.30. The molecule has 7 nitrogen and oxygen atoms in total. The first-order valence-electron chi connectivity index (χ1n) is 7.60. The van der Waals surface area contributed by atoms with Crippen molar-refractivity contribution in [1.29, 1.82) is 0 Å². The summed E-state index contributed by atoms with van der Waals surface area (Å²) in [5.41, 5.74) is 0.713. The van der Waals surface area contributed by atoms with E-state index in [2.05, 4.69) is 29.4 Å². The number of non-ortho nitro benzene ring substituents is 1. The zero-order valence-corrected chi connectivity index (χ0v) is 14.2. The molecule has 1 aromatic heterocycles. The molecule has 1 N–H and O–H groups in total. The molecule has 0 aliphatic heterocycles. The molecule has 8 heteroatoms. The van der Waals surface area contributed by atoms with E-state index in [-0.39, 0.29) is 11.6 Å². The van der Waals surface area contributed by atoms with Crippen molar-refractivity contribution in [1.82, 2.24) is 10.2 Å². The third kappa shape index (κ3) is 4.69. The van der Waals surface area contributed by atoms with Gasteiger partial charge in [0.05, 0.1) is 4.92 Å². The molecule has 0 spiro atoms. The molecular weight excluding hydrogens is 328 g/mol. The number of nitrogens with one attached hydrogen (secondary N) is 1. The molecule has 0 aliphatic rings. The number of hydrogen-bond acceptors (Lipinski definition) is 6. The summed E-state index contributed by atoms with van der Waals surface area (Å²) in [6, 6.07) is 5.95. The molecule has 0 radical (unpaired) electrons. The maximum atomic E-state index is 11.9. The summed E-state index contributed by atoms with van der Waals surface area (Å²) >= 11 is 1.38. The van der Waals surface area contributed by atoms with E-state index < -0.39 is 4.92 Å². The average Bonchev–Trinajstić information content (AvgIpc) is 3.02. The lowest BCUT2D eigenvalue weighted by Crippen LogP contribution is -2.07. The highest BCUT2D eigenvalue weighted by atomic mass is 32.1. The molecule has 0 fully saturated rings. The van der Waals surface area contributed by atoms with Crippen molar-refractivity contribution in [3.8, 4) is 0 Å². The smallest absolute Gasteiger partial charge is 0.269 e. The SMILES string of the molecule is CCC(CC)c1nnc(NC(=O)/C=C/c2ccc([N+](=O)[O-])cc2)s1. The summed E-state index contributed by atoms with van der Waals surface area (Å²) < 4.78 is 0. The lowest BCUT2D eigenvalue weighted by molar-refractivity contribution is -0.384. The summed E-state index contributed by atoms with van der Waals surface area (Å²) in [7, 11) is 0. The molecule has 0 bridgehead atoms. The Morgan fingerprint density at radius 2 is 1.96 bits per heavy atom. The quantitative estimate of drug-likeness (QED) is 0.464. The highest BCUT2D eigenvalue weighted by molar-refractivity contribution is 7.15. The van der Waals surface area contributed by atoms with Gasteiger partial charge in [-0.1, -0.05) is 25.2 Å². The van der Waals surface area contributed by atoms with Crippen LogP contribution in [0.2, 0.25) is 0 Å². The number of nitro benzene ring substituents is 1. The molecular formula is C16H18N4O3S. The molecule has 0 atom stereocenters. The van der Waals surface area contributed by atoms with Crippen LogP contribution in [0.4, 0.5) is 10.8 Å². The van der Waals surface area contributed by atoms with Crippen molar-refractivity contribution >= 4 is 34.1 Å². The minimum Gasteiger partial charge on any atom is -0.297 e. The Labute approximate surface area is 143 Å². The number of carbonyl (C=O) groups excluding carboxylic acids is 1. The van der Waals surface area contributed by atoms with Gasteiger partial charge < -0.3 is 0 Å². The maximum Gasteiger partial charge on any atom is 0.269 e. The van der Waals surface area contributed by atoms with Gasteiger partial charge in [-0.2, -0.15) is 0 Å². The predicted molar refractivity (Wildman–Crippen MR) is 94.0 cm³/mol. The number of amides is 1. The molecule has 0 saturated carbocycles. The first-order chi connectivity index (χ1) is 11.5. The van der Waals surface area contributed by atoms with Gasteiger partial charge in [-0.25, -0.2) is 0 Å². The molecule has 2 aromatic rings. The van der Waals surface area contributed by atoms with E-state index in [0.29, 0.717) is 16.6 Å². The van der Waals surface area contributed by atoms with Crippen molar-refractivity contribution in [3.63, 3.8) is 0 Å². The van der Waals surface area contributed by atoms with Gasteiger partial charge in [0.25, 0.3) is 5.69 Å². The van der Waals surface area contributed by atoms with E-state index >= 15 is 0 Å². The Balaban J connectivity index is 1.96. The number of carbonyl (C=O) groups is 1. The molecule has 1 heterocycles. The second-order valence-electron chi connectivity index (χ2n) is 5.13. The van der Waals surface area contributed by atoms with Crippen molar-refractivity contribution in [2.24, 2.45) is 0 Å². The number of aromatic nitrogens is 2. The summed E-state index contributed by atoms with van der Waals surface area (Å²) in [4.78, 5) is 22.0. The van der Waals surface area contributed by atoms with Gasteiger partial charge in [-0.3, -0.25) is 20.2 Å². The molecule has 1 amide bonds. The average molecular weight is 346 g/mol. The number of nitrogens with zero attached hydrogens (tertiary/aromatic N) is 3. The van der Waals surface area contributed by atoms with Crippen LogP contribution < -0.4 is 5.32 Å². The summed E-state index contributed by atoms with van der Waals surface area (Å²) in [6.07, 6.45) is 4.92. The third-order valence-electron chi connectivity index (χ3n) is 3.54. The number of hydrogen-bond donors (Lipinski definition) is 1. The van der Waals surface area contributed by atoms with Crippen LogP contribution in [0.3, 0.4) is 0 Å². The number of benzene rings is 1. The molecule has 1 aromatic carbocycles. The van der Waals surface area contributed by atoms with Gasteiger partial charge in [0.2, 0.25) is 11.0 Å². The first-order valence-corrected chi connectivity index (χ1v) is 8.42. The second-order valence-corrected chi connectivity index (χ2v) is 6.14. The van der Waals surface area contributed by atoms with Crippen LogP contribution in [-0.4, -0.2) is 21.0 Å². The van der Waals surface area contributed by atoms with Gasteiger partial charge in [-0.05, 0) is 36.6 Å². The normalized spacial score (nSPS) is 11.1. The van der Waals surface area contributed by atoms with Crippen LogP contribution in [0.1, 0.15) is 43.2 Å². The summed E-state index contributed by atoms with van der Waals surface area (Å²) in [6.45, 7) is 4.20. The van der Waals surface area contributed by atoms with Gasteiger partial charge >= 0.3 is 0 Å². The standard InChI is InChI=1S/C16H18N4O3S/c1-3-12(4-2)15-18-19-16(24-15)17-14(21)10-7-11-5-8-13(9-6-11)20(22)23/h5-10,12H,3-4H2,1-2H3,(H,17,19,21)/b10-7+. The van der Waals surface area contributed by atoms with Gasteiger partial charge in [0, 0.05) is 24.1 Å². The predicted octanol–water partition coefficient (Wildman–Crippen LogP) is 4.00. The lowest BCUT2D eigenvalue weighted by atomic mass is 10.1. The van der Waals surface area contributed by atoms with Crippen LogP contribution in [0.15, 0.2) is 30.3 Å². The minimum absolute atomic E-state index is 0.0133. The van der Waals surface area contributed by atoms with Crippen LogP contribution in [0.5, 0.6) is 0 Å². The lowest BCUT2D eigenvalue weighted by Gasteiger charge is -2.05. The van der Waals surface area contributed by atoms with E-state index in [1.165, 1.54) is 29.5 Å². The van der Waals surface area contributed by atoms with Crippen LogP contribution in [-0.2, 0) is 4.79 Å². The Morgan fingerprint density at radius 3 is 2.54 bits per heavy atom. The molecule has 126 valence electrons. The van der Waals surface area contributed by atoms with Crippen molar-refractivity contribution in [2.45, 2.75) is 32.6 Å². The molecule has 24 heavy (non-hydrogen) atoms. The Hall–Kier alpha value is -2.61. The zero-order valence-electron chi connectivity index (χ0n) is 13.4. The highest BCUT2D eigenvalue weighted by Gasteiger charge is 2.13. The monoisotopic (exact) mass is 346 g/mol. The van der Waals surface area contributed by atoms with Crippen LogP contribution in [0, 0.1) is 10.1 Å². The maximum absolute atomic E-state index is 11.9. The Kier molecular flexibility index (Phi) is 6.14. The Bertz CT molecular complexity index is 736. The topological polar surface area (TPSA) is 98.0 Å². The fourth-order valence-electron chi connectivity index (χ4n) is 2.11. The largest absolute Gasteiger partial charge is 0.297 e. The Morgan fingerprint density at radius 1 is 1.29 bits per heavy atom. The highest BCUT2D eigenvalue weighted by Crippen LogP contribution is 2.28. The van der Waals surface area contributed by atoms with Gasteiger partial charge in [-0.15, -0.1) is 10.2 Å². The molecule has 2 rings (SSSR count). The van der Waals surface area contributed by atoms with Gasteiger partial charge in [0.15, 0.2) is 0 Å². The van der Waals surface area contributed by atoms with Crippen molar-refractivity contribution < 1.29 is 9.72 Å². The zero-order chi connectivity index (χ0) is 17.5. The van der Waals surface area contributed by atoms with E-state index in [4.69, 9.17) is 0 Å². The van der Waals surface area contributed by atoms with Crippen molar-refractivity contribution in [2.75, 3.05) is 5.32 Å². The fourth-order valence-corrected chi connectivity index (χ4v) is 3.13.